The normalized spacial score (nSPS) is 18.2. The van der Waals surface area contributed by atoms with Gasteiger partial charge in [0.1, 0.15) is 0 Å². The second-order valence-corrected chi connectivity index (χ2v) is 3.14. The van der Waals surface area contributed by atoms with Crippen molar-refractivity contribution < 1.29 is 4.74 Å². The Morgan fingerprint density at radius 1 is 1.42 bits per heavy atom. The topological polar surface area (TPSA) is 24.5 Å². The monoisotopic (exact) mass is 172 g/mol. The Balaban J connectivity index is 2.07. The molecule has 0 spiro atoms. The van der Waals surface area contributed by atoms with Crippen LogP contribution in [0.3, 0.4) is 0 Å². The molecule has 1 heterocycles. The van der Waals surface area contributed by atoms with E-state index in [1.54, 1.807) is 0 Å². The molecule has 3 heteroatoms. The molecule has 1 saturated heterocycles. The van der Waals surface area contributed by atoms with Crippen LogP contribution in [0.1, 0.15) is 13.8 Å². The Morgan fingerprint density at radius 3 is 2.58 bits per heavy atom. The van der Waals surface area contributed by atoms with Crippen LogP contribution in [-0.2, 0) is 4.74 Å². The molecule has 1 aliphatic heterocycles. The molecule has 1 fully saturated rings. The maximum atomic E-state index is 5.32. The van der Waals surface area contributed by atoms with Gasteiger partial charge < -0.3 is 10.1 Å². The van der Waals surface area contributed by atoms with Crippen molar-refractivity contribution >= 4 is 0 Å². The van der Waals surface area contributed by atoms with E-state index in [9.17, 15) is 0 Å². The molecule has 0 radical (unpaired) electrons. The van der Waals surface area contributed by atoms with Crippen molar-refractivity contribution in [2.24, 2.45) is 0 Å². The Labute approximate surface area is 75.1 Å². The molecular weight excluding hydrogens is 152 g/mol. The van der Waals surface area contributed by atoms with E-state index in [1.807, 2.05) is 6.92 Å². The van der Waals surface area contributed by atoms with Gasteiger partial charge in [-0.3, -0.25) is 4.90 Å². The molecule has 0 aromatic heterocycles. The lowest BCUT2D eigenvalue weighted by Crippen LogP contribution is -2.57. The van der Waals surface area contributed by atoms with E-state index in [4.69, 9.17) is 4.74 Å². The lowest BCUT2D eigenvalue weighted by Gasteiger charge is -2.37. The van der Waals surface area contributed by atoms with E-state index < -0.39 is 0 Å². The van der Waals surface area contributed by atoms with Gasteiger partial charge in [0.05, 0.1) is 6.61 Å². The number of rotatable bonds is 6. The fraction of sp³-hybridized carbons (Fsp3) is 1.00. The summed E-state index contributed by atoms with van der Waals surface area (Å²) in [6.45, 7) is 10.5. The van der Waals surface area contributed by atoms with Crippen molar-refractivity contribution in [3.63, 3.8) is 0 Å². The average molecular weight is 172 g/mol. The summed E-state index contributed by atoms with van der Waals surface area (Å²) in [4.78, 5) is 2.48. The highest BCUT2D eigenvalue weighted by molar-refractivity contribution is 4.83. The third-order valence-corrected chi connectivity index (χ3v) is 2.41. The van der Waals surface area contributed by atoms with Crippen molar-refractivity contribution in [2.75, 3.05) is 39.4 Å². The predicted octanol–water partition coefficient (Wildman–Crippen LogP) is 0.317. The zero-order valence-corrected chi connectivity index (χ0v) is 8.18. The molecule has 0 aliphatic carbocycles. The minimum atomic E-state index is 0.760. The summed E-state index contributed by atoms with van der Waals surface area (Å²) in [7, 11) is 0. The number of ether oxygens (including phenoxy) is 1. The Bertz CT molecular complexity index is 115. The molecular formula is C9H20N2O. The molecule has 72 valence electrons. The molecule has 0 unspecified atom stereocenters. The van der Waals surface area contributed by atoms with E-state index in [-0.39, 0.29) is 0 Å². The van der Waals surface area contributed by atoms with Crippen molar-refractivity contribution in [1.29, 1.82) is 0 Å². The van der Waals surface area contributed by atoms with Gasteiger partial charge in [-0.15, -0.1) is 0 Å². The standard InChI is InChI=1S/C9H20N2O/c1-3-11(5-6-12-4-2)9-7-10-8-9/h9-10H,3-8H2,1-2H3. The molecule has 0 atom stereocenters. The lowest BCUT2D eigenvalue weighted by atomic mass is 10.1. The molecule has 3 nitrogen and oxygen atoms in total. The number of nitrogens with zero attached hydrogens (tertiary/aromatic N) is 1. The maximum absolute atomic E-state index is 5.32. The van der Waals surface area contributed by atoms with Crippen LogP contribution in [0.25, 0.3) is 0 Å². The fourth-order valence-electron chi connectivity index (χ4n) is 1.46. The Hall–Kier alpha value is -0.120. The first-order valence-corrected chi connectivity index (χ1v) is 4.91. The van der Waals surface area contributed by atoms with Crippen LogP contribution in [0.4, 0.5) is 0 Å². The van der Waals surface area contributed by atoms with Gasteiger partial charge in [-0.2, -0.15) is 0 Å². The first-order valence-electron chi connectivity index (χ1n) is 4.91. The summed E-state index contributed by atoms with van der Waals surface area (Å²) in [5, 5.41) is 3.28. The third-order valence-electron chi connectivity index (χ3n) is 2.41. The van der Waals surface area contributed by atoms with Crippen LogP contribution >= 0.6 is 0 Å². The van der Waals surface area contributed by atoms with E-state index in [0.29, 0.717) is 0 Å². The van der Waals surface area contributed by atoms with E-state index in [0.717, 1.165) is 45.4 Å². The zero-order valence-electron chi connectivity index (χ0n) is 8.18. The zero-order chi connectivity index (χ0) is 8.81. The van der Waals surface area contributed by atoms with Crippen molar-refractivity contribution in [3.05, 3.63) is 0 Å². The molecule has 1 rings (SSSR count). The second kappa shape index (κ2) is 5.51. The van der Waals surface area contributed by atoms with Crippen LogP contribution in [-0.4, -0.2) is 50.3 Å². The van der Waals surface area contributed by atoms with Crippen LogP contribution in [0.5, 0.6) is 0 Å². The van der Waals surface area contributed by atoms with Gasteiger partial charge in [-0.25, -0.2) is 0 Å². The predicted molar refractivity (Wildman–Crippen MR) is 50.4 cm³/mol. The first kappa shape index (κ1) is 9.96. The molecule has 0 bridgehead atoms. The smallest absolute Gasteiger partial charge is 0.0593 e. The minimum Gasteiger partial charge on any atom is -0.380 e. The summed E-state index contributed by atoms with van der Waals surface area (Å²) in [6.07, 6.45) is 0. The van der Waals surface area contributed by atoms with Gasteiger partial charge >= 0.3 is 0 Å². The van der Waals surface area contributed by atoms with Crippen LogP contribution < -0.4 is 5.32 Å². The van der Waals surface area contributed by atoms with Crippen LogP contribution in [0.2, 0.25) is 0 Å². The SMILES string of the molecule is CCOCCN(CC)C1CNC1. The van der Waals surface area contributed by atoms with Gasteiger partial charge in [0.25, 0.3) is 0 Å². The largest absolute Gasteiger partial charge is 0.380 e. The fourth-order valence-corrected chi connectivity index (χ4v) is 1.46. The molecule has 0 amide bonds. The van der Waals surface area contributed by atoms with Gasteiger partial charge in [0.15, 0.2) is 0 Å². The summed E-state index contributed by atoms with van der Waals surface area (Å²) in [6, 6.07) is 0.760. The number of nitrogens with one attached hydrogen (secondary N) is 1. The molecule has 0 aromatic rings. The van der Waals surface area contributed by atoms with Gasteiger partial charge in [0.2, 0.25) is 0 Å². The number of hydrogen-bond donors (Lipinski definition) is 1. The summed E-state index contributed by atoms with van der Waals surface area (Å²) >= 11 is 0. The van der Waals surface area contributed by atoms with Crippen LogP contribution in [0.15, 0.2) is 0 Å². The highest BCUT2D eigenvalue weighted by atomic mass is 16.5. The average Bonchev–Trinajstić information content (AvgIpc) is 1.99. The van der Waals surface area contributed by atoms with E-state index >= 15 is 0 Å². The lowest BCUT2D eigenvalue weighted by molar-refractivity contribution is 0.0812. The third kappa shape index (κ3) is 2.73. The summed E-state index contributed by atoms with van der Waals surface area (Å²) in [5.41, 5.74) is 0. The summed E-state index contributed by atoms with van der Waals surface area (Å²) in [5.74, 6) is 0. The second-order valence-electron chi connectivity index (χ2n) is 3.14. The van der Waals surface area contributed by atoms with Crippen molar-refractivity contribution in [3.8, 4) is 0 Å². The Kier molecular flexibility index (Phi) is 4.58. The maximum Gasteiger partial charge on any atom is 0.0593 e. The van der Waals surface area contributed by atoms with Gasteiger partial charge in [0, 0.05) is 32.3 Å². The minimum absolute atomic E-state index is 0.760. The highest BCUT2D eigenvalue weighted by Gasteiger charge is 2.22. The van der Waals surface area contributed by atoms with E-state index in [1.165, 1.54) is 0 Å². The van der Waals surface area contributed by atoms with Crippen molar-refractivity contribution in [1.82, 2.24) is 10.2 Å². The van der Waals surface area contributed by atoms with Gasteiger partial charge in [-0.05, 0) is 13.5 Å². The quantitative estimate of drug-likeness (QED) is 0.584. The van der Waals surface area contributed by atoms with Crippen molar-refractivity contribution in [2.45, 2.75) is 19.9 Å². The summed E-state index contributed by atoms with van der Waals surface area (Å²) < 4.78 is 5.32. The molecule has 1 N–H and O–H groups in total. The molecule has 12 heavy (non-hydrogen) atoms. The first-order chi connectivity index (χ1) is 5.88. The number of likely N-dealkylation sites (N-methyl/N-ethyl adjacent to an activating group) is 1. The molecule has 0 saturated carbocycles. The number of hydrogen-bond acceptors (Lipinski definition) is 3. The Morgan fingerprint density at radius 2 is 2.17 bits per heavy atom. The van der Waals surface area contributed by atoms with Crippen LogP contribution in [0, 0.1) is 0 Å². The van der Waals surface area contributed by atoms with E-state index in [2.05, 4.69) is 17.1 Å². The molecule has 0 aromatic carbocycles. The molecule has 1 aliphatic rings. The highest BCUT2D eigenvalue weighted by Crippen LogP contribution is 2.03. The van der Waals surface area contributed by atoms with Gasteiger partial charge in [-0.1, -0.05) is 6.92 Å².